The Kier molecular flexibility index (Phi) is 1.62. The van der Waals surface area contributed by atoms with Crippen LogP contribution in [0.2, 0.25) is 0 Å². The van der Waals surface area contributed by atoms with Crippen LogP contribution in [0.4, 0.5) is 0 Å². The first kappa shape index (κ1) is 7.06. The van der Waals surface area contributed by atoms with Gasteiger partial charge in [0.1, 0.15) is 5.76 Å². The first-order chi connectivity index (χ1) is 4.61. The van der Waals surface area contributed by atoms with Gasteiger partial charge in [0, 0.05) is 6.07 Å². The maximum atomic E-state index is 10.7. The number of aryl methyl sites for hydroxylation is 2. The van der Waals surface area contributed by atoms with Gasteiger partial charge in [0.2, 0.25) is 0 Å². The number of rotatable bonds is 0. The molecule has 0 aliphatic heterocycles. The normalized spacial score (nSPS) is 9.90. The predicted octanol–water partition coefficient (Wildman–Crippen LogP) is 1.57. The fourth-order valence-electron chi connectivity index (χ4n) is 0.820. The minimum Gasteiger partial charge on any atom is -0.428 e. The molecule has 1 aromatic heterocycles. The van der Waals surface area contributed by atoms with Crippen LogP contribution >= 0.6 is 0 Å². The molecule has 1 rings (SSSR count). The lowest BCUT2D eigenvalue weighted by atomic mass is 10.1. The molecular weight excluding hydrogens is 128 g/mol. The summed E-state index contributed by atoms with van der Waals surface area (Å²) in [6, 6.07) is 1.50. The fourth-order valence-corrected chi connectivity index (χ4v) is 0.820. The van der Waals surface area contributed by atoms with Crippen molar-refractivity contribution in [3.8, 4) is 0 Å². The monoisotopic (exact) mass is 138 g/mol. The van der Waals surface area contributed by atoms with Crippen LogP contribution in [0, 0.1) is 20.8 Å². The minimum atomic E-state index is -0.263. The summed E-state index contributed by atoms with van der Waals surface area (Å²) in [5, 5.41) is 0. The molecule has 0 fully saturated rings. The molecule has 0 atom stereocenters. The molecule has 0 aromatic carbocycles. The van der Waals surface area contributed by atoms with E-state index in [0.29, 0.717) is 5.76 Å². The Bertz CT molecular complexity index is 270. The molecule has 0 amide bonds. The van der Waals surface area contributed by atoms with E-state index in [9.17, 15) is 4.79 Å². The molecule has 0 saturated heterocycles. The lowest BCUT2D eigenvalue weighted by Crippen LogP contribution is -2.01. The van der Waals surface area contributed by atoms with Crippen LogP contribution in [0.1, 0.15) is 16.9 Å². The van der Waals surface area contributed by atoms with Crippen molar-refractivity contribution in [2.75, 3.05) is 0 Å². The van der Waals surface area contributed by atoms with Gasteiger partial charge in [-0.15, -0.1) is 0 Å². The van der Waals surface area contributed by atoms with E-state index in [0.717, 1.165) is 11.1 Å². The van der Waals surface area contributed by atoms with Gasteiger partial charge in [-0.25, -0.2) is 4.79 Å². The molecular formula is C8H10O2. The van der Waals surface area contributed by atoms with Crippen molar-refractivity contribution < 1.29 is 4.42 Å². The van der Waals surface area contributed by atoms with E-state index in [-0.39, 0.29) is 5.63 Å². The second-order valence-corrected chi connectivity index (χ2v) is 2.43. The van der Waals surface area contributed by atoms with Gasteiger partial charge in [-0.2, -0.15) is 0 Å². The van der Waals surface area contributed by atoms with E-state index in [1.807, 2.05) is 13.8 Å². The predicted molar refractivity (Wildman–Crippen MR) is 39.2 cm³/mol. The largest absolute Gasteiger partial charge is 0.428 e. The zero-order valence-corrected chi connectivity index (χ0v) is 6.39. The molecule has 54 valence electrons. The topological polar surface area (TPSA) is 30.2 Å². The van der Waals surface area contributed by atoms with Crippen LogP contribution in [0.25, 0.3) is 0 Å². The molecule has 0 N–H and O–H groups in total. The average molecular weight is 138 g/mol. The third-order valence-corrected chi connectivity index (χ3v) is 1.71. The van der Waals surface area contributed by atoms with Gasteiger partial charge in [-0.1, -0.05) is 0 Å². The number of hydrogen-bond acceptors (Lipinski definition) is 2. The summed E-state index contributed by atoms with van der Waals surface area (Å²) in [5.41, 5.74) is 1.79. The number of hydrogen-bond donors (Lipinski definition) is 0. The third-order valence-electron chi connectivity index (χ3n) is 1.71. The molecule has 0 unspecified atom stereocenters. The highest BCUT2D eigenvalue weighted by Crippen LogP contribution is 2.07. The Hall–Kier alpha value is -1.05. The first-order valence-corrected chi connectivity index (χ1v) is 3.19. The summed E-state index contributed by atoms with van der Waals surface area (Å²) in [4.78, 5) is 10.7. The molecule has 0 aliphatic rings. The van der Waals surface area contributed by atoms with Crippen LogP contribution in [0.3, 0.4) is 0 Å². The van der Waals surface area contributed by atoms with Crippen molar-refractivity contribution in [3.05, 3.63) is 33.4 Å². The molecule has 2 nitrogen and oxygen atoms in total. The van der Waals surface area contributed by atoms with E-state index in [1.54, 1.807) is 6.92 Å². The molecule has 0 bridgehead atoms. The third kappa shape index (κ3) is 1.10. The maximum absolute atomic E-state index is 10.7. The van der Waals surface area contributed by atoms with E-state index < -0.39 is 0 Å². The van der Waals surface area contributed by atoms with E-state index >= 15 is 0 Å². The molecule has 1 aromatic rings. The Morgan fingerprint density at radius 2 is 1.90 bits per heavy atom. The zero-order valence-electron chi connectivity index (χ0n) is 6.39. The Morgan fingerprint density at radius 1 is 1.30 bits per heavy atom. The van der Waals surface area contributed by atoms with Gasteiger partial charge in [-0.3, -0.25) is 0 Å². The minimum absolute atomic E-state index is 0.263. The highest BCUT2D eigenvalue weighted by atomic mass is 16.4. The van der Waals surface area contributed by atoms with Crippen LogP contribution in [-0.4, -0.2) is 0 Å². The zero-order chi connectivity index (χ0) is 7.72. The van der Waals surface area contributed by atoms with Crippen LogP contribution < -0.4 is 5.63 Å². The van der Waals surface area contributed by atoms with Gasteiger partial charge in [0.15, 0.2) is 0 Å². The highest BCUT2D eigenvalue weighted by Gasteiger charge is 1.98. The van der Waals surface area contributed by atoms with Gasteiger partial charge >= 0.3 is 5.63 Å². The molecule has 1 heterocycles. The van der Waals surface area contributed by atoms with Crippen LogP contribution in [0.5, 0.6) is 0 Å². The standard InChI is InChI=1S/C8H10O2/c1-5-4-8(9)10-7(3)6(5)2/h4H,1-3H3. The van der Waals surface area contributed by atoms with E-state index in [4.69, 9.17) is 4.42 Å². The second kappa shape index (κ2) is 2.29. The molecule has 0 saturated carbocycles. The van der Waals surface area contributed by atoms with Gasteiger partial charge in [-0.05, 0) is 31.9 Å². The maximum Gasteiger partial charge on any atom is 0.336 e. The lowest BCUT2D eigenvalue weighted by molar-refractivity contribution is 0.474. The molecule has 0 aliphatic carbocycles. The van der Waals surface area contributed by atoms with Crippen molar-refractivity contribution in [1.29, 1.82) is 0 Å². The summed E-state index contributed by atoms with van der Waals surface area (Å²) in [6.45, 7) is 5.64. The molecule has 2 heteroatoms. The highest BCUT2D eigenvalue weighted by molar-refractivity contribution is 5.23. The summed E-state index contributed by atoms with van der Waals surface area (Å²) in [6.07, 6.45) is 0. The Morgan fingerprint density at radius 3 is 2.40 bits per heavy atom. The average Bonchev–Trinajstić information content (AvgIpc) is 1.82. The SMILES string of the molecule is Cc1cc(=O)oc(C)c1C. The summed E-state index contributed by atoms with van der Waals surface area (Å²) in [5.74, 6) is 0.713. The van der Waals surface area contributed by atoms with Crippen molar-refractivity contribution >= 4 is 0 Å². The van der Waals surface area contributed by atoms with Crippen LogP contribution in [0.15, 0.2) is 15.3 Å². The first-order valence-electron chi connectivity index (χ1n) is 3.19. The van der Waals surface area contributed by atoms with Crippen molar-refractivity contribution in [1.82, 2.24) is 0 Å². The quantitative estimate of drug-likeness (QED) is 0.544. The van der Waals surface area contributed by atoms with Crippen LogP contribution in [-0.2, 0) is 0 Å². The van der Waals surface area contributed by atoms with Gasteiger partial charge in [0.25, 0.3) is 0 Å². The lowest BCUT2D eigenvalue weighted by Gasteiger charge is -1.99. The van der Waals surface area contributed by atoms with E-state index in [2.05, 4.69) is 0 Å². The fraction of sp³-hybridized carbons (Fsp3) is 0.375. The molecule has 0 spiro atoms. The van der Waals surface area contributed by atoms with Crippen molar-refractivity contribution in [2.24, 2.45) is 0 Å². The Labute approximate surface area is 59.5 Å². The Balaban J connectivity index is 3.46. The smallest absolute Gasteiger partial charge is 0.336 e. The summed E-state index contributed by atoms with van der Waals surface area (Å²) < 4.78 is 4.83. The van der Waals surface area contributed by atoms with E-state index in [1.165, 1.54) is 6.07 Å². The van der Waals surface area contributed by atoms with Crippen molar-refractivity contribution in [2.45, 2.75) is 20.8 Å². The second-order valence-electron chi connectivity index (χ2n) is 2.43. The summed E-state index contributed by atoms with van der Waals surface area (Å²) in [7, 11) is 0. The van der Waals surface area contributed by atoms with Gasteiger partial charge in [0.05, 0.1) is 0 Å². The molecule has 0 radical (unpaired) electrons. The molecule has 10 heavy (non-hydrogen) atoms. The summed E-state index contributed by atoms with van der Waals surface area (Å²) >= 11 is 0. The van der Waals surface area contributed by atoms with Gasteiger partial charge < -0.3 is 4.42 Å². The van der Waals surface area contributed by atoms with Crippen molar-refractivity contribution in [3.63, 3.8) is 0 Å².